The van der Waals surface area contributed by atoms with Gasteiger partial charge in [0, 0.05) is 26.2 Å². The normalized spacial score (nSPS) is 10.8. The summed E-state index contributed by atoms with van der Waals surface area (Å²) in [5.41, 5.74) is 8.92. The van der Waals surface area contributed by atoms with Crippen LogP contribution in [0.5, 0.6) is 0 Å². The third-order valence-corrected chi connectivity index (χ3v) is 2.83. The molecule has 0 saturated heterocycles. The molecule has 0 atom stereocenters. The van der Waals surface area contributed by atoms with Gasteiger partial charge in [0.05, 0.1) is 23.9 Å². The van der Waals surface area contributed by atoms with Crippen LogP contribution in [0.25, 0.3) is 0 Å². The van der Waals surface area contributed by atoms with Gasteiger partial charge in [-0.15, -0.1) is 0 Å². The fourth-order valence-corrected chi connectivity index (χ4v) is 2.03. The van der Waals surface area contributed by atoms with Crippen LogP contribution in [0.2, 0.25) is 0 Å². The van der Waals surface area contributed by atoms with Crippen LogP contribution in [0, 0.1) is 0 Å². The Bertz CT molecular complexity index is 487. The molecule has 0 bridgehead atoms. The second kappa shape index (κ2) is 4.53. The topological polar surface area (TPSA) is 60.2 Å². The Hall–Kier alpha value is -1.91. The van der Waals surface area contributed by atoms with Gasteiger partial charge in [-0.05, 0) is 12.5 Å². The molecule has 0 aliphatic carbocycles. The van der Waals surface area contributed by atoms with Crippen molar-refractivity contribution < 1.29 is 4.42 Å². The van der Waals surface area contributed by atoms with E-state index in [1.165, 1.54) is 0 Å². The Kier molecular flexibility index (Phi) is 3.08. The Morgan fingerprint density at radius 2 is 2.29 bits per heavy atom. The minimum atomic E-state index is 0.753. The van der Waals surface area contributed by atoms with Crippen molar-refractivity contribution in [1.29, 1.82) is 0 Å². The fourth-order valence-electron chi connectivity index (χ4n) is 2.03. The van der Waals surface area contributed by atoms with E-state index in [4.69, 9.17) is 10.2 Å². The zero-order chi connectivity index (χ0) is 12.4. The lowest BCUT2D eigenvalue weighted by molar-refractivity contribution is 0.563. The van der Waals surface area contributed by atoms with E-state index in [2.05, 4.69) is 16.9 Å². The van der Waals surface area contributed by atoms with Crippen LogP contribution in [0.1, 0.15) is 18.2 Å². The average molecular weight is 234 g/mol. The first kappa shape index (κ1) is 11.6. The van der Waals surface area contributed by atoms with Crippen LogP contribution >= 0.6 is 0 Å². The van der Waals surface area contributed by atoms with E-state index in [0.717, 1.165) is 35.7 Å². The Morgan fingerprint density at radius 3 is 2.82 bits per heavy atom. The van der Waals surface area contributed by atoms with Crippen LogP contribution in [0.4, 0.5) is 11.5 Å². The molecule has 2 aromatic rings. The number of furan rings is 1. The number of rotatable bonds is 4. The molecule has 92 valence electrons. The number of hydrogen-bond acceptors (Lipinski definition) is 4. The van der Waals surface area contributed by atoms with E-state index in [0.29, 0.717) is 0 Å². The molecule has 2 rings (SSSR count). The van der Waals surface area contributed by atoms with Gasteiger partial charge in [-0.2, -0.15) is 5.10 Å². The molecule has 0 aliphatic rings. The largest absolute Gasteiger partial charge is 0.472 e. The smallest absolute Gasteiger partial charge is 0.150 e. The van der Waals surface area contributed by atoms with Gasteiger partial charge in [-0.25, -0.2) is 0 Å². The highest BCUT2D eigenvalue weighted by Crippen LogP contribution is 2.26. The van der Waals surface area contributed by atoms with Crippen LogP contribution in [0.3, 0.4) is 0 Å². The summed E-state index contributed by atoms with van der Waals surface area (Å²) in [6.07, 6.45) is 4.26. The van der Waals surface area contributed by atoms with Crippen LogP contribution < -0.4 is 10.6 Å². The summed E-state index contributed by atoms with van der Waals surface area (Å²) in [5, 5.41) is 4.41. The minimum Gasteiger partial charge on any atom is -0.472 e. The molecule has 5 heteroatoms. The van der Waals surface area contributed by atoms with E-state index in [-0.39, 0.29) is 0 Å². The predicted molar refractivity (Wildman–Crippen MR) is 67.8 cm³/mol. The number of anilines is 2. The number of aryl methyl sites for hydroxylation is 2. The zero-order valence-electron chi connectivity index (χ0n) is 10.5. The van der Waals surface area contributed by atoms with Gasteiger partial charge in [0.15, 0.2) is 0 Å². The van der Waals surface area contributed by atoms with E-state index in [1.54, 1.807) is 12.5 Å². The third-order valence-electron chi connectivity index (χ3n) is 2.83. The highest BCUT2D eigenvalue weighted by molar-refractivity contribution is 5.66. The van der Waals surface area contributed by atoms with Crippen molar-refractivity contribution in [3.05, 3.63) is 29.9 Å². The van der Waals surface area contributed by atoms with Crippen molar-refractivity contribution in [3.63, 3.8) is 0 Å². The molecule has 0 fully saturated rings. The SMILES string of the molecule is CCc1nn(C)c(N(C)Cc2ccoc2)c1N. The Labute approximate surface area is 101 Å². The Balaban J connectivity index is 2.24. The van der Waals surface area contributed by atoms with E-state index in [1.807, 2.05) is 24.8 Å². The standard InChI is InChI=1S/C12H18N4O/c1-4-10-11(13)12(16(3)14-10)15(2)7-9-5-6-17-8-9/h5-6,8H,4,7,13H2,1-3H3. The second-order valence-electron chi connectivity index (χ2n) is 4.15. The zero-order valence-corrected chi connectivity index (χ0v) is 10.5. The van der Waals surface area contributed by atoms with E-state index in [9.17, 15) is 0 Å². The van der Waals surface area contributed by atoms with Crippen molar-refractivity contribution in [2.24, 2.45) is 7.05 Å². The maximum Gasteiger partial charge on any atom is 0.150 e. The van der Waals surface area contributed by atoms with Gasteiger partial charge < -0.3 is 15.1 Å². The molecule has 2 heterocycles. The lowest BCUT2D eigenvalue weighted by Gasteiger charge is -2.19. The maximum absolute atomic E-state index is 6.10. The summed E-state index contributed by atoms with van der Waals surface area (Å²) in [6, 6.07) is 1.95. The van der Waals surface area contributed by atoms with Crippen LogP contribution in [-0.2, 0) is 20.0 Å². The van der Waals surface area contributed by atoms with Crippen molar-refractivity contribution >= 4 is 11.5 Å². The summed E-state index contributed by atoms with van der Waals surface area (Å²) in [5.74, 6) is 0.947. The second-order valence-corrected chi connectivity index (χ2v) is 4.15. The monoisotopic (exact) mass is 234 g/mol. The first-order chi connectivity index (χ1) is 8.13. The molecule has 0 amide bonds. The quantitative estimate of drug-likeness (QED) is 0.876. The maximum atomic E-state index is 6.10. The molecule has 0 unspecified atom stereocenters. The molecule has 2 aromatic heterocycles. The van der Waals surface area contributed by atoms with Gasteiger partial charge in [-0.1, -0.05) is 6.92 Å². The summed E-state index contributed by atoms with van der Waals surface area (Å²) in [6.45, 7) is 2.81. The average Bonchev–Trinajstić information content (AvgIpc) is 2.87. The summed E-state index contributed by atoms with van der Waals surface area (Å²) < 4.78 is 6.89. The number of aromatic nitrogens is 2. The number of nitrogens with zero attached hydrogens (tertiary/aromatic N) is 3. The molecular formula is C12H18N4O. The molecule has 0 saturated carbocycles. The van der Waals surface area contributed by atoms with Gasteiger partial charge in [0.1, 0.15) is 5.82 Å². The highest BCUT2D eigenvalue weighted by Gasteiger charge is 2.16. The fraction of sp³-hybridized carbons (Fsp3) is 0.417. The molecule has 17 heavy (non-hydrogen) atoms. The molecule has 0 spiro atoms. The highest BCUT2D eigenvalue weighted by atomic mass is 16.3. The molecule has 2 N–H and O–H groups in total. The predicted octanol–water partition coefficient (Wildman–Crippen LogP) is 1.79. The number of nitrogen functional groups attached to an aromatic ring is 1. The lowest BCUT2D eigenvalue weighted by Crippen LogP contribution is -2.20. The van der Waals surface area contributed by atoms with Crippen molar-refractivity contribution in [3.8, 4) is 0 Å². The summed E-state index contributed by atoms with van der Waals surface area (Å²) in [7, 11) is 3.91. The Morgan fingerprint density at radius 1 is 1.53 bits per heavy atom. The third kappa shape index (κ3) is 2.13. The molecule has 0 aromatic carbocycles. The summed E-state index contributed by atoms with van der Waals surface area (Å²) in [4.78, 5) is 2.08. The van der Waals surface area contributed by atoms with Gasteiger partial charge in [0.25, 0.3) is 0 Å². The van der Waals surface area contributed by atoms with Gasteiger partial charge in [0.2, 0.25) is 0 Å². The molecule has 5 nitrogen and oxygen atoms in total. The van der Waals surface area contributed by atoms with Gasteiger partial charge >= 0.3 is 0 Å². The number of hydrogen-bond donors (Lipinski definition) is 1. The lowest BCUT2D eigenvalue weighted by atomic mass is 10.2. The number of nitrogens with two attached hydrogens (primary N) is 1. The van der Waals surface area contributed by atoms with Crippen LogP contribution in [0.15, 0.2) is 23.0 Å². The summed E-state index contributed by atoms with van der Waals surface area (Å²) >= 11 is 0. The van der Waals surface area contributed by atoms with Crippen molar-refractivity contribution in [2.45, 2.75) is 19.9 Å². The first-order valence-corrected chi connectivity index (χ1v) is 5.67. The van der Waals surface area contributed by atoms with E-state index < -0.39 is 0 Å². The van der Waals surface area contributed by atoms with Crippen molar-refractivity contribution in [2.75, 3.05) is 17.7 Å². The minimum absolute atomic E-state index is 0.753. The van der Waals surface area contributed by atoms with Gasteiger partial charge in [-0.3, -0.25) is 4.68 Å². The molecule has 0 radical (unpaired) electrons. The van der Waals surface area contributed by atoms with Crippen molar-refractivity contribution in [1.82, 2.24) is 9.78 Å². The molecule has 0 aliphatic heterocycles. The molecular weight excluding hydrogens is 216 g/mol. The van der Waals surface area contributed by atoms with Crippen LogP contribution in [-0.4, -0.2) is 16.8 Å². The first-order valence-electron chi connectivity index (χ1n) is 5.67. The van der Waals surface area contributed by atoms with E-state index >= 15 is 0 Å².